The van der Waals surface area contributed by atoms with Crippen molar-refractivity contribution < 1.29 is 9.30 Å². The van der Waals surface area contributed by atoms with Gasteiger partial charge in [0.2, 0.25) is 5.69 Å². The largest absolute Gasteiger partial charge is 0.455 e. The summed E-state index contributed by atoms with van der Waals surface area (Å²) in [4.78, 5) is 0. The third kappa shape index (κ3) is 3.41. The molecule has 0 amide bonds. The third-order valence-corrected chi connectivity index (χ3v) is 8.89. The lowest BCUT2D eigenvalue weighted by molar-refractivity contribution is -0.659. The van der Waals surface area contributed by atoms with Gasteiger partial charge < -0.3 is 4.74 Å². The van der Waals surface area contributed by atoms with E-state index in [-0.39, 0.29) is 0 Å². The Labute approximate surface area is 219 Å². The molecule has 0 radical (unpaired) electrons. The highest BCUT2D eigenvalue weighted by Crippen LogP contribution is 2.53. The van der Waals surface area contributed by atoms with Gasteiger partial charge in [0.05, 0.1) is 10.9 Å². The van der Waals surface area contributed by atoms with Crippen LogP contribution in [0.25, 0.3) is 43.6 Å². The van der Waals surface area contributed by atoms with Crippen LogP contribution in [0.4, 0.5) is 0 Å². The van der Waals surface area contributed by atoms with Crippen LogP contribution in [0, 0.1) is 12.8 Å². The van der Waals surface area contributed by atoms with Crippen molar-refractivity contribution in [2.45, 2.75) is 65.2 Å². The molecule has 2 nitrogen and oxygen atoms in total. The summed E-state index contributed by atoms with van der Waals surface area (Å²) in [6, 6.07) is 20.5. The molecule has 0 N–H and O–H groups in total. The molecule has 7 rings (SSSR count). The second-order valence-corrected chi connectivity index (χ2v) is 11.8. The number of ether oxygens (including phenoxy) is 1. The number of hydrogen-bond donors (Lipinski definition) is 0. The summed E-state index contributed by atoms with van der Waals surface area (Å²) in [6.07, 6.45) is 9.94. The fourth-order valence-electron chi connectivity index (χ4n) is 7.25. The molecule has 1 aromatic heterocycles. The molecule has 0 bridgehead atoms. The van der Waals surface area contributed by atoms with Crippen LogP contribution in [0.15, 0.2) is 60.8 Å². The van der Waals surface area contributed by atoms with E-state index in [2.05, 4.69) is 93.2 Å². The maximum atomic E-state index is 7.01. The van der Waals surface area contributed by atoms with Crippen LogP contribution < -0.4 is 9.30 Å². The van der Waals surface area contributed by atoms with E-state index in [1.807, 2.05) is 0 Å². The van der Waals surface area contributed by atoms with E-state index in [0.29, 0.717) is 11.8 Å². The zero-order valence-corrected chi connectivity index (χ0v) is 22.5. The monoisotopic (exact) mass is 486 g/mol. The lowest BCUT2D eigenvalue weighted by Gasteiger charge is -2.27. The van der Waals surface area contributed by atoms with E-state index in [1.165, 1.54) is 92.4 Å². The molecule has 0 atom stereocenters. The van der Waals surface area contributed by atoms with E-state index < -0.39 is 0 Å². The molecular formula is C35H36NO+. The molecule has 1 aliphatic carbocycles. The Hall–Kier alpha value is -3.39. The summed E-state index contributed by atoms with van der Waals surface area (Å²) in [5, 5.41) is 8.00. The first-order valence-corrected chi connectivity index (χ1v) is 14.1. The lowest BCUT2D eigenvalue weighted by Crippen LogP contribution is -2.32. The molecule has 1 aliphatic heterocycles. The predicted octanol–water partition coefficient (Wildman–Crippen LogP) is 9.30. The number of nitrogens with zero attached hydrogens (tertiary/aromatic N) is 1. The van der Waals surface area contributed by atoms with Crippen molar-refractivity contribution in [1.82, 2.24) is 0 Å². The maximum absolute atomic E-state index is 7.01. The normalized spacial score (nSPS) is 15.5. The first-order chi connectivity index (χ1) is 18.0. The van der Waals surface area contributed by atoms with Crippen LogP contribution in [-0.4, -0.2) is 0 Å². The highest BCUT2D eigenvalue weighted by Gasteiger charge is 2.34. The van der Waals surface area contributed by atoms with Gasteiger partial charge in [0.1, 0.15) is 18.5 Å². The summed E-state index contributed by atoms with van der Waals surface area (Å²) >= 11 is 0. The number of hydrogen-bond acceptors (Lipinski definition) is 1. The number of aromatic nitrogens is 1. The van der Waals surface area contributed by atoms with Gasteiger partial charge in [-0.3, -0.25) is 0 Å². The van der Waals surface area contributed by atoms with E-state index in [9.17, 15) is 0 Å². The molecule has 2 heterocycles. The molecular weight excluding hydrogens is 450 g/mol. The summed E-state index contributed by atoms with van der Waals surface area (Å²) < 4.78 is 9.33. The van der Waals surface area contributed by atoms with Crippen LogP contribution in [0.3, 0.4) is 0 Å². The number of pyridine rings is 1. The summed E-state index contributed by atoms with van der Waals surface area (Å²) in [7, 11) is 2.20. The van der Waals surface area contributed by atoms with Gasteiger partial charge in [0, 0.05) is 17.0 Å². The third-order valence-electron chi connectivity index (χ3n) is 8.89. The van der Waals surface area contributed by atoms with Crippen molar-refractivity contribution in [2.24, 2.45) is 13.0 Å². The Morgan fingerprint density at radius 1 is 0.892 bits per heavy atom. The number of aryl methyl sites for hydroxylation is 2. The van der Waals surface area contributed by atoms with Crippen molar-refractivity contribution >= 4 is 32.3 Å². The number of benzene rings is 4. The first-order valence-electron chi connectivity index (χ1n) is 14.1. The fraction of sp³-hybridized carbons (Fsp3) is 0.343. The molecule has 0 spiro atoms. The van der Waals surface area contributed by atoms with Crippen molar-refractivity contribution in [3.63, 3.8) is 0 Å². The van der Waals surface area contributed by atoms with Gasteiger partial charge >= 0.3 is 0 Å². The SMILES string of the molecule is Cc1c2c(c(CC(C)C)c3ccccc13)Oc1cc3cccc(C4CCCCC4)c3c3cc[n+](C)c-2c13. The topological polar surface area (TPSA) is 13.1 Å². The van der Waals surface area contributed by atoms with Gasteiger partial charge in [-0.15, -0.1) is 0 Å². The Morgan fingerprint density at radius 3 is 2.46 bits per heavy atom. The molecule has 0 saturated heterocycles. The minimum absolute atomic E-state index is 0.541. The molecule has 186 valence electrons. The molecule has 37 heavy (non-hydrogen) atoms. The van der Waals surface area contributed by atoms with E-state index >= 15 is 0 Å². The smallest absolute Gasteiger partial charge is 0.228 e. The average Bonchev–Trinajstić information content (AvgIpc) is 2.92. The minimum atomic E-state index is 0.541. The summed E-state index contributed by atoms with van der Waals surface area (Å²) in [5.41, 5.74) is 6.74. The Morgan fingerprint density at radius 2 is 1.68 bits per heavy atom. The quantitative estimate of drug-likeness (QED) is 0.179. The van der Waals surface area contributed by atoms with Crippen molar-refractivity contribution in [3.8, 4) is 22.8 Å². The molecule has 1 saturated carbocycles. The van der Waals surface area contributed by atoms with Gasteiger partial charge in [-0.1, -0.05) is 75.6 Å². The van der Waals surface area contributed by atoms with E-state index in [4.69, 9.17) is 4.74 Å². The van der Waals surface area contributed by atoms with Gasteiger partial charge in [0.25, 0.3) is 0 Å². The standard InChI is InChI=1S/C35H36NO/c1-21(2)19-29-27-15-9-8-14-25(27)22(3)31-34-33-28(17-18-36(34)4)32-24(20-30(33)37-35(29)31)13-10-16-26(32)23-11-6-5-7-12-23/h8-10,13-18,20-21,23H,5-7,11-12,19H2,1-4H3/q+1. The zero-order chi connectivity index (χ0) is 25.3. The second-order valence-electron chi connectivity index (χ2n) is 11.8. The molecule has 2 aliphatic rings. The molecule has 1 fully saturated rings. The van der Waals surface area contributed by atoms with Crippen LogP contribution >= 0.6 is 0 Å². The van der Waals surface area contributed by atoms with Crippen LogP contribution in [0.5, 0.6) is 11.5 Å². The first kappa shape index (κ1) is 22.8. The maximum Gasteiger partial charge on any atom is 0.228 e. The van der Waals surface area contributed by atoms with Gasteiger partial charge in [-0.2, -0.15) is 0 Å². The van der Waals surface area contributed by atoms with Gasteiger partial charge in [-0.25, -0.2) is 4.57 Å². The Bertz CT molecular complexity index is 1700. The molecule has 5 aromatic rings. The lowest BCUT2D eigenvalue weighted by atomic mass is 9.80. The highest BCUT2D eigenvalue weighted by atomic mass is 16.5. The van der Waals surface area contributed by atoms with Crippen LogP contribution in [-0.2, 0) is 13.5 Å². The number of rotatable bonds is 3. The summed E-state index contributed by atoms with van der Waals surface area (Å²) in [5.74, 6) is 3.26. The van der Waals surface area contributed by atoms with E-state index in [0.717, 1.165) is 17.9 Å². The molecule has 2 heteroatoms. The Kier molecular flexibility index (Phi) is 5.29. The zero-order valence-electron chi connectivity index (χ0n) is 22.5. The molecule has 4 aromatic carbocycles. The summed E-state index contributed by atoms with van der Waals surface area (Å²) in [6.45, 7) is 6.89. The van der Waals surface area contributed by atoms with Crippen molar-refractivity contribution in [3.05, 3.63) is 77.5 Å². The predicted molar refractivity (Wildman–Crippen MR) is 155 cm³/mol. The fourth-order valence-corrected chi connectivity index (χ4v) is 7.25. The van der Waals surface area contributed by atoms with E-state index in [1.54, 1.807) is 0 Å². The second kappa shape index (κ2) is 8.58. The van der Waals surface area contributed by atoms with Crippen LogP contribution in [0.2, 0.25) is 0 Å². The van der Waals surface area contributed by atoms with Gasteiger partial charge in [0.15, 0.2) is 6.20 Å². The Balaban J connectivity index is 1.60. The minimum Gasteiger partial charge on any atom is -0.455 e. The average molecular weight is 487 g/mol. The highest BCUT2D eigenvalue weighted by molar-refractivity contribution is 6.17. The van der Waals surface area contributed by atoms with Crippen molar-refractivity contribution in [1.29, 1.82) is 0 Å². The molecule has 0 unspecified atom stereocenters. The van der Waals surface area contributed by atoms with Crippen LogP contribution in [0.1, 0.15) is 68.6 Å². The van der Waals surface area contributed by atoms with Crippen molar-refractivity contribution in [2.75, 3.05) is 0 Å². The number of fused-ring (bicyclic) bond motifs is 5. The van der Waals surface area contributed by atoms with Gasteiger partial charge in [-0.05, 0) is 76.8 Å².